The molecule has 2 heterocycles. The summed E-state index contributed by atoms with van der Waals surface area (Å²) < 4.78 is 0. The van der Waals surface area contributed by atoms with Gasteiger partial charge >= 0.3 is 5.69 Å². The van der Waals surface area contributed by atoms with Crippen LogP contribution in [0, 0.1) is 10.1 Å². The number of anilines is 3. The maximum atomic E-state index is 11.2. The molecule has 1 aliphatic rings. The van der Waals surface area contributed by atoms with Gasteiger partial charge in [-0.3, -0.25) is 10.1 Å². The molecule has 1 saturated heterocycles. The van der Waals surface area contributed by atoms with Crippen molar-refractivity contribution in [2.75, 3.05) is 30.8 Å². The van der Waals surface area contributed by atoms with Gasteiger partial charge in [0.1, 0.15) is 6.20 Å². The molecule has 1 aliphatic heterocycles. The minimum absolute atomic E-state index is 0.133. The molecule has 2 aromatic rings. The molecule has 1 aromatic heterocycles. The SMILES string of the molecule is CN1CCCC1CCNc1nc(Nc2ccc(Cl)cc2)ncc1[N+](=O)[O-]. The lowest BCUT2D eigenvalue weighted by Crippen LogP contribution is -2.27. The number of rotatable bonds is 7. The molecule has 0 aliphatic carbocycles. The van der Waals surface area contributed by atoms with E-state index >= 15 is 0 Å². The lowest BCUT2D eigenvalue weighted by Gasteiger charge is -2.19. The highest BCUT2D eigenvalue weighted by molar-refractivity contribution is 6.30. The lowest BCUT2D eigenvalue weighted by molar-refractivity contribution is -0.384. The highest BCUT2D eigenvalue weighted by atomic mass is 35.5. The van der Waals surface area contributed by atoms with Crippen molar-refractivity contribution in [3.05, 3.63) is 45.6 Å². The van der Waals surface area contributed by atoms with Gasteiger partial charge in [0, 0.05) is 23.3 Å². The first-order chi connectivity index (χ1) is 12.5. The Morgan fingerprint density at radius 1 is 1.38 bits per heavy atom. The van der Waals surface area contributed by atoms with Crippen LogP contribution in [0.15, 0.2) is 30.5 Å². The first kappa shape index (κ1) is 18.3. The second-order valence-electron chi connectivity index (χ2n) is 6.31. The van der Waals surface area contributed by atoms with Gasteiger partial charge in [0.25, 0.3) is 0 Å². The molecule has 0 bridgehead atoms. The first-order valence-electron chi connectivity index (χ1n) is 8.51. The van der Waals surface area contributed by atoms with Gasteiger partial charge in [-0.05, 0) is 57.1 Å². The number of benzene rings is 1. The Kier molecular flexibility index (Phi) is 5.85. The molecule has 0 saturated carbocycles. The van der Waals surface area contributed by atoms with Crippen molar-refractivity contribution >= 4 is 34.7 Å². The van der Waals surface area contributed by atoms with Crippen molar-refractivity contribution in [1.82, 2.24) is 14.9 Å². The van der Waals surface area contributed by atoms with Gasteiger partial charge in [0.05, 0.1) is 4.92 Å². The van der Waals surface area contributed by atoms with Crippen LogP contribution in [0.1, 0.15) is 19.3 Å². The van der Waals surface area contributed by atoms with Crippen molar-refractivity contribution in [2.24, 2.45) is 0 Å². The Balaban J connectivity index is 1.69. The van der Waals surface area contributed by atoms with Gasteiger partial charge in [-0.1, -0.05) is 11.6 Å². The van der Waals surface area contributed by atoms with Gasteiger partial charge in [-0.25, -0.2) is 4.98 Å². The average molecular weight is 377 g/mol. The Bertz CT molecular complexity index is 770. The topological polar surface area (TPSA) is 96.2 Å². The van der Waals surface area contributed by atoms with E-state index in [1.54, 1.807) is 24.3 Å². The van der Waals surface area contributed by atoms with Crippen LogP contribution >= 0.6 is 11.6 Å². The summed E-state index contributed by atoms with van der Waals surface area (Å²) in [5.41, 5.74) is 0.619. The number of halogens is 1. The molecule has 26 heavy (non-hydrogen) atoms. The number of nitrogens with one attached hydrogen (secondary N) is 2. The van der Waals surface area contributed by atoms with Crippen LogP contribution in [0.3, 0.4) is 0 Å². The number of nitro groups is 1. The van der Waals surface area contributed by atoms with Crippen LogP contribution in [0.2, 0.25) is 5.02 Å². The fourth-order valence-electron chi connectivity index (χ4n) is 3.06. The van der Waals surface area contributed by atoms with E-state index in [2.05, 4.69) is 32.5 Å². The van der Waals surface area contributed by atoms with Gasteiger partial charge < -0.3 is 15.5 Å². The molecule has 0 spiro atoms. The average Bonchev–Trinajstić information content (AvgIpc) is 3.02. The van der Waals surface area contributed by atoms with Crippen molar-refractivity contribution in [2.45, 2.75) is 25.3 Å². The van der Waals surface area contributed by atoms with Gasteiger partial charge in [0.15, 0.2) is 0 Å². The van der Waals surface area contributed by atoms with E-state index in [9.17, 15) is 10.1 Å². The van der Waals surface area contributed by atoms with Crippen LogP contribution in [0.4, 0.5) is 23.1 Å². The smallest absolute Gasteiger partial charge is 0.329 e. The molecule has 138 valence electrons. The minimum atomic E-state index is -0.476. The van der Waals surface area contributed by atoms with Crippen LogP contribution in [0.5, 0.6) is 0 Å². The summed E-state index contributed by atoms with van der Waals surface area (Å²) in [7, 11) is 2.11. The molecule has 0 amide bonds. The summed E-state index contributed by atoms with van der Waals surface area (Å²) in [5, 5.41) is 18.0. The van der Waals surface area contributed by atoms with Crippen molar-refractivity contribution in [3.63, 3.8) is 0 Å². The van der Waals surface area contributed by atoms with E-state index in [4.69, 9.17) is 11.6 Å². The molecular weight excluding hydrogens is 356 g/mol. The highest BCUT2D eigenvalue weighted by Gasteiger charge is 2.21. The van der Waals surface area contributed by atoms with Crippen LogP contribution in [-0.4, -0.2) is 46.0 Å². The van der Waals surface area contributed by atoms with Crippen LogP contribution < -0.4 is 10.6 Å². The number of likely N-dealkylation sites (tertiary alicyclic amines) is 1. The number of hydrogen-bond acceptors (Lipinski definition) is 7. The minimum Gasteiger partial charge on any atom is -0.364 e. The Hall–Kier alpha value is -2.45. The Labute approximate surface area is 156 Å². The summed E-state index contributed by atoms with van der Waals surface area (Å²) >= 11 is 5.87. The van der Waals surface area contributed by atoms with Gasteiger partial charge in [-0.2, -0.15) is 4.98 Å². The molecule has 1 fully saturated rings. The lowest BCUT2D eigenvalue weighted by atomic mass is 10.1. The van der Waals surface area contributed by atoms with E-state index in [0.29, 0.717) is 23.6 Å². The zero-order valence-corrected chi connectivity index (χ0v) is 15.2. The fraction of sp³-hybridized carbons (Fsp3) is 0.412. The molecule has 8 nitrogen and oxygen atoms in total. The summed E-state index contributed by atoms with van der Waals surface area (Å²) in [4.78, 5) is 21.4. The number of aromatic nitrogens is 2. The van der Waals surface area contributed by atoms with E-state index in [1.807, 2.05) is 0 Å². The first-order valence-corrected chi connectivity index (χ1v) is 8.89. The molecule has 1 atom stereocenters. The summed E-state index contributed by atoms with van der Waals surface area (Å²) in [6.07, 6.45) is 4.49. The van der Waals surface area contributed by atoms with Crippen molar-refractivity contribution < 1.29 is 4.92 Å². The predicted molar refractivity (Wildman–Crippen MR) is 102 cm³/mol. The number of hydrogen-bond donors (Lipinski definition) is 2. The summed E-state index contributed by atoms with van der Waals surface area (Å²) in [6, 6.07) is 7.57. The van der Waals surface area contributed by atoms with E-state index < -0.39 is 4.92 Å². The second-order valence-corrected chi connectivity index (χ2v) is 6.75. The highest BCUT2D eigenvalue weighted by Crippen LogP contribution is 2.25. The monoisotopic (exact) mass is 376 g/mol. The molecular formula is C17H21ClN6O2. The molecule has 1 aromatic carbocycles. The van der Waals surface area contributed by atoms with Crippen molar-refractivity contribution in [3.8, 4) is 0 Å². The van der Waals surface area contributed by atoms with Crippen LogP contribution in [-0.2, 0) is 0 Å². The summed E-state index contributed by atoms with van der Waals surface area (Å²) in [6.45, 7) is 1.72. The maximum absolute atomic E-state index is 11.2. The second kappa shape index (κ2) is 8.29. The summed E-state index contributed by atoms with van der Waals surface area (Å²) in [5.74, 6) is 0.514. The zero-order chi connectivity index (χ0) is 18.5. The zero-order valence-electron chi connectivity index (χ0n) is 14.5. The van der Waals surface area contributed by atoms with E-state index in [-0.39, 0.29) is 11.5 Å². The number of nitrogens with zero attached hydrogens (tertiary/aromatic N) is 4. The molecule has 0 radical (unpaired) electrons. The molecule has 1 unspecified atom stereocenters. The fourth-order valence-corrected chi connectivity index (χ4v) is 3.19. The van der Waals surface area contributed by atoms with Crippen molar-refractivity contribution in [1.29, 1.82) is 0 Å². The largest absolute Gasteiger partial charge is 0.364 e. The van der Waals surface area contributed by atoms with Gasteiger partial charge in [0.2, 0.25) is 11.8 Å². The Morgan fingerprint density at radius 2 is 2.15 bits per heavy atom. The maximum Gasteiger partial charge on any atom is 0.329 e. The third-order valence-electron chi connectivity index (χ3n) is 4.51. The normalized spacial score (nSPS) is 17.2. The molecule has 2 N–H and O–H groups in total. The van der Waals surface area contributed by atoms with E-state index in [1.165, 1.54) is 12.6 Å². The Morgan fingerprint density at radius 3 is 2.81 bits per heavy atom. The third kappa shape index (κ3) is 4.59. The standard InChI is InChI=1S/C17H21ClN6O2/c1-23-10-2-3-14(23)8-9-19-16-15(24(25)26)11-20-17(22-16)21-13-6-4-12(18)5-7-13/h4-7,11,14H,2-3,8-10H2,1H3,(H2,19,20,21,22). The molecule has 3 rings (SSSR count). The van der Waals surface area contributed by atoms with Gasteiger partial charge in [-0.15, -0.1) is 0 Å². The predicted octanol–water partition coefficient (Wildman–Crippen LogP) is 3.68. The quantitative estimate of drug-likeness (QED) is 0.562. The third-order valence-corrected chi connectivity index (χ3v) is 4.76. The molecule has 9 heteroatoms. The van der Waals surface area contributed by atoms with Crippen LogP contribution in [0.25, 0.3) is 0 Å². The van der Waals surface area contributed by atoms with E-state index in [0.717, 1.165) is 25.1 Å².